The SMILES string of the molecule is CCOC(=O)C1(NCc2cccc(C)c2)CC1. The molecule has 1 fully saturated rings. The van der Waals surface area contributed by atoms with E-state index >= 15 is 0 Å². The molecule has 0 unspecified atom stereocenters. The minimum absolute atomic E-state index is 0.104. The highest BCUT2D eigenvalue weighted by Crippen LogP contribution is 2.36. The van der Waals surface area contributed by atoms with Crippen molar-refractivity contribution in [1.82, 2.24) is 5.32 Å². The fraction of sp³-hybridized carbons (Fsp3) is 0.500. The van der Waals surface area contributed by atoms with Gasteiger partial charge >= 0.3 is 5.97 Å². The molecule has 1 aromatic rings. The second kappa shape index (κ2) is 4.88. The van der Waals surface area contributed by atoms with Gasteiger partial charge < -0.3 is 4.74 Å². The average molecular weight is 233 g/mol. The lowest BCUT2D eigenvalue weighted by Gasteiger charge is -2.15. The molecule has 0 saturated heterocycles. The summed E-state index contributed by atoms with van der Waals surface area (Å²) in [5, 5.41) is 3.32. The molecule has 0 bridgehead atoms. The maximum atomic E-state index is 11.7. The Balaban J connectivity index is 1.92. The molecular weight excluding hydrogens is 214 g/mol. The molecule has 17 heavy (non-hydrogen) atoms. The van der Waals surface area contributed by atoms with Crippen LogP contribution in [-0.2, 0) is 16.1 Å². The third-order valence-electron chi connectivity index (χ3n) is 3.13. The van der Waals surface area contributed by atoms with Crippen LogP contribution < -0.4 is 5.32 Å². The predicted molar refractivity (Wildman–Crippen MR) is 66.6 cm³/mol. The summed E-state index contributed by atoms with van der Waals surface area (Å²) in [4.78, 5) is 11.7. The summed E-state index contributed by atoms with van der Waals surface area (Å²) in [6.45, 7) is 5.09. The number of nitrogens with one attached hydrogen (secondary N) is 1. The highest BCUT2D eigenvalue weighted by molar-refractivity contribution is 5.84. The first-order valence-electron chi connectivity index (χ1n) is 6.14. The van der Waals surface area contributed by atoms with Crippen LogP contribution in [0.1, 0.15) is 30.9 Å². The molecule has 1 saturated carbocycles. The van der Waals surface area contributed by atoms with Gasteiger partial charge in [-0.3, -0.25) is 10.1 Å². The number of carbonyl (C=O) groups excluding carboxylic acids is 1. The van der Waals surface area contributed by atoms with Crippen LogP contribution in [0.5, 0.6) is 0 Å². The van der Waals surface area contributed by atoms with Crippen molar-refractivity contribution in [1.29, 1.82) is 0 Å². The van der Waals surface area contributed by atoms with Gasteiger partial charge in [0, 0.05) is 6.54 Å². The zero-order valence-corrected chi connectivity index (χ0v) is 10.5. The first kappa shape index (κ1) is 12.1. The molecule has 1 N–H and O–H groups in total. The molecule has 0 aliphatic heterocycles. The normalized spacial score (nSPS) is 16.6. The summed E-state index contributed by atoms with van der Waals surface area (Å²) in [6.07, 6.45) is 1.77. The van der Waals surface area contributed by atoms with E-state index in [4.69, 9.17) is 4.74 Å². The van der Waals surface area contributed by atoms with Crippen molar-refractivity contribution in [2.45, 2.75) is 38.8 Å². The summed E-state index contributed by atoms with van der Waals surface area (Å²) in [7, 11) is 0. The predicted octanol–water partition coefficient (Wildman–Crippen LogP) is 2.18. The zero-order chi connectivity index (χ0) is 12.3. The van der Waals surface area contributed by atoms with Crippen LogP contribution in [0.2, 0.25) is 0 Å². The third kappa shape index (κ3) is 2.86. The molecule has 0 atom stereocenters. The molecule has 3 nitrogen and oxygen atoms in total. The van der Waals surface area contributed by atoms with Crippen LogP contribution in [0.25, 0.3) is 0 Å². The maximum Gasteiger partial charge on any atom is 0.326 e. The Morgan fingerprint density at radius 3 is 2.82 bits per heavy atom. The van der Waals surface area contributed by atoms with Gasteiger partial charge in [0.05, 0.1) is 6.61 Å². The lowest BCUT2D eigenvalue weighted by atomic mass is 10.1. The van der Waals surface area contributed by atoms with Crippen LogP contribution in [0.3, 0.4) is 0 Å². The molecule has 1 aliphatic rings. The molecule has 0 amide bonds. The van der Waals surface area contributed by atoms with Crippen LogP contribution in [0.4, 0.5) is 0 Å². The summed E-state index contributed by atoms with van der Waals surface area (Å²) in [6, 6.07) is 8.31. The van der Waals surface area contributed by atoms with Crippen molar-refractivity contribution in [2.24, 2.45) is 0 Å². The van der Waals surface area contributed by atoms with Gasteiger partial charge in [0.1, 0.15) is 5.54 Å². The smallest absolute Gasteiger partial charge is 0.326 e. The van der Waals surface area contributed by atoms with Gasteiger partial charge in [0.25, 0.3) is 0 Å². The van der Waals surface area contributed by atoms with E-state index in [2.05, 4.69) is 30.4 Å². The number of hydrogen-bond donors (Lipinski definition) is 1. The van der Waals surface area contributed by atoms with Gasteiger partial charge in [-0.25, -0.2) is 0 Å². The fourth-order valence-electron chi connectivity index (χ4n) is 1.94. The topological polar surface area (TPSA) is 38.3 Å². The van der Waals surface area contributed by atoms with E-state index in [1.165, 1.54) is 11.1 Å². The van der Waals surface area contributed by atoms with Crippen LogP contribution in [0, 0.1) is 6.92 Å². The molecular formula is C14H19NO2. The summed E-state index contributed by atoms with van der Waals surface area (Å²) in [5.74, 6) is -0.104. The summed E-state index contributed by atoms with van der Waals surface area (Å²) in [5.41, 5.74) is 2.05. The molecule has 1 aliphatic carbocycles. The molecule has 0 spiro atoms. The highest BCUT2D eigenvalue weighted by Gasteiger charge is 2.50. The third-order valence-corrected chi connectivity index (χ3v) is 3.13. The number of ether oxygens (including phenoxy) is 1. The largest absolute Gasteiger partial charge is 0.465 e. The van der Waals surface area contributed by atoms with Gasteiger partial charge in [-0.1, -0.05) is 29.8 Å². The van der Waals surface area contributed by atoms with Crippen LogP contribution in [-0.4, -0.2) is 18.1 Å². The number of hydrogen-bond acceptors (Lipinski definition) is 3. The van der Waals surface area contributed by atoms with Gasteiger partial charge in [-0.05, 0) is 32.3 Å². The Hall–Kier alpha value is -1.35. The number of benzene rings is 1. The second-order valence-electron chi connectivity index (χ2n) is 4.65. The Bertz CT molecular complexity index is 410. The first-order chi connectivity index (χ1) is 8.16. The monoisotopic (exact) mass is 233 g/mol. The molecule has 2 rings (SSSR count). The van der Waals surface area contributed by atoms with Crippen LogP contribution >= 0.6 is 0 Å². The zero-order valence-electron chi connectivity index (χ0n) is 10.5. The van der Waals surface area contributed by atoms with Gasteiger partial charge in [0.2, 0.25) is 0 Å². The Labute approximate surface area is 102 Å². The molecule has 1 aromatic carbocycles. The quantitative estimate of drug-likeness (QED) is 0.792. The van der Waals surface area contributed by atoms with Crippen molar-refractivity contribution in [3.63, 3.8) is 0 Å². The minimum atomic E-state index is -0.403. The van der Waals surface area contributed by atoms with Crippen LogP contribution in [0.15, 0.2) is 24.3 Å². The van der Waals surface area contributed by atoms with Crippen molar-refractivity contribution >= 4 is 5.97 Å². The number of aryl methyl sites for hydroxylation is 1. The highest BCUT2D eigenvalue weighted by atomic mass is 16.5. The van der Waals surface area contributed by atoms with E-state index in [1.807, 2.05) is 13.0 Å². The van der Waals surface area contributed by atoms with E-state index in [1.54, 1.807) is 0 Å². The number of carbonyl (C=O) groups is 1. The first-order valence-corrected chi connectivity index (χ1v) is 6.14. The van der Waals surface area contributed by atoms with E-state index in [9.17, 15) is 4.79 Å². The van der Waals surface area contributed by atoms with E-state index in [0.717, 1.165) is 19.4 Å². The van der Waals surface area contributed by atoms with E-state index < -0.39 is 5.54 Å². The number of esters is 1. The molecule has 0 heterocycles. The summed E-state index contributed by atoms with van der Waals surface area (Å²) >= 11 is 0. The van der Waals surface area contributed by atoms with Crippen molar-refractivity contribution < 1.29 is 9.53 Å². The second-order valence-corrected chi connectivity index (χ2v) is 4.65. The Morgan fingerprint density at radius 2 is 2.24 bits per heavy atom. The molecule has 92 valence electrons. The molecule has 0 aromatic heterocycles. The van der Waals surface area contributed by atoms with Gasteiger partial charge in [-0.15, -0.1) is 0 Å². The lowest BCUT2D eigenvalue weighted by molar-refractivity contribution is -0.147. The Morgan fingerprint density at radius 1 is 1.47 bits per heavy atom. The molecule has 3 heteroatoms. The van der Waals surface area contributed by atoms with Crippen molar-refractivity contribution in [3.8, 4) is 0 Å². The minimum Gasteiger partial charge on any atom is -0.465 e. The summed E-state index contributed by atoms with van der Waals surface area (Å²) < 4.78 is 5.08. The van der Waals surface area contributed by atoms with Crippen molar-refractivity contribution in [3.05, 3.63) is 35.4 Å². The number of rotatable bonds is 5. The maximum absolute atomic E-state index is 11.7. The van der Waals surface area contributed by atoms with E-state index in [0.29, 0.717) is 6.61 Å². The van der Waals surface area contributed by atoms with Gasteiger partial charge in [-0.2, -0.15) is 0 Å². The fourth-order valence-corrected chi connectivity index (χ4v) is 1.94. The van der Waals surface area contributed by atoms with Gasteiger partial charge in [0.15, 0.2) is 0 Å². The Kier molecular flexibility index (Phi) is 3.48. The standard InChI is InChI=1S/C14H19NO2/c1-3-17-13(16)14(7-8-14)15-10-12-6-4-5-11(2)9-12/h4-6,9,15H,3,7-8,10H2,1-2H3. The van der Waals surface area contributed by atoms with Crippen molar-refractivity contribution in [2.75, 3.05) is 6.61 Å². The lowest BCUT2D eigenvalue weighted by Crippen LogP contribution is -2.40. The average Bonchev–Trinajstić information content (AvgIpc) is 3.08. The molecule has 0 radical (unpaired) electrons. The van der Waals surface area contributed by atoms with E-state index in [-0.39, 0.29) is 5.97 Å².